The first-order chi connectivity index (χ1) is 18.0. The molecule has 0 radical (unpaired) electrons. The van der Waals surface area contributed by atoms with Crippen LogP contribution in [0.3, 0.4) is 0 Å². The third-order valence-electron chi connectivity index (χ3n) is 6.31. The number of nitrogens with zero attached hydrogens (tertiary/aromatic N) is 3. The van der Waals surface area contributed by atoms with Gasteiger partial charge in [0.05, 0.1) is 26.9 Å². The zero-order valence-electron chi connectivity index (χ0n) is 21.6. The van der Waals surface area contributed by atoms with Crippen LogP contribution in [0.15, 0.2) is 54.9 Å². The molecule has 1 N–H and O–H groups in total. The zero-order valence-corrected chi connectivity index (χ0v) is 21.6. The van der Waals surface area contributed by atoms with Crippen LogP contribution in [0.4, 0.5) is 4.39 Å². The highest BCUT2D eigenvalue weighted by atomic mass is 19.1. The van der Waals surface area contributed by atoms with Crippen LogP contribution in [0.2, 0.25) is 0 Å². The molecule has 0 spiro atoms. The normalized spacial score (nSPS) is 18.4. The molecule has 3 aromatic rings. The van der Waals surface area contributed by atoms with E-state index in [2.05, 4.69) is 21.4 Å². The highest BCUT2D eigenvalue weighted by Gasteiger charge is 2.33. The molecule has 0 unspecified atom stereocenters. The molecule has 2 heterocycles. The molecule has 0 amide bonds. The van der Waals surface area contributed by atoms with Gasteiger partial charge in [-0.15, -0.1) is 0 Å². The van der Waals surface area contributed by atoms with E-state index in [1.165, 1.54) is 12.1 Å². The molecular weight excluding hydrogens is 477 g/mol. The van der Waals surface area contributed by atoms with Gasteiger partial charge in [0.15, 0.2) is 11.5 Å². The van der Waals surface area contributed by atoms with Crippen molar-refractivity contribution in [2.24, 2.45) is 0 Å². The number of aliphatic hydroxyl groups is 1. The van der Waals surface area contributed by atoms with Crippen molar-refractivity contribution in [3.63, 3.8) is 0 Å². The fraction of sp³-hybridized carbons (Fsp3) is 0.464. The number of rotatable bonds is 12. The Kier molecular flexibility index (Phi) is 9.38. The van der Waals surface area contributed by atoms with Crippen molar-refractivity contribution in [3.8, 4) is 17.2 Å². The molecule has 0 bridgehead atoms. The first-order valence-corrected chi connectivity index (χ1v) is 12.7. The Hall–Kier alpha value is -3.14. The number of aryl methyl sites for hydroxylation is 2. The average Bonchev–Trinajstić information content (AvgIpc) is 3.28. The van der Waals surface area contributed by atoms with Crippen molar-refractivity contribution in [2.75, 3.05) is 46.6 Å². The minimum Gasteiger partial charge on any atom is -0.493 e. The van der Waals surface area contributed by atoms with Gasteiger partial charge in [-0.2, -0.15) is 0 Å². The van der Waals surface area contributed by atoms with E-state index >= 15 is 0 Å². The van der Waals surface area contributed by atoms with Gasteiger partial charge in [-0.1, -0.05) is 13.0 Å². The molecule has 8 nitrogen and oxygen atoms in total. The SMILES string of the molecule is CCc1nccn1CCCOc1ccc(CN2CCOC[C@@](O)(COc3ccc(F)cc3)C2)cc1OC. The van der Waals surface area contributed by atoms with Crippen LogP contribution in [-0.4, -0.2) is 71.8 Å². The predicted octanol–water partition coefficient (Wildman–Crippen LogP) is 3.70. The molecule has 1 aliphatic rings. The fourth-order valence-electron chi connectivity index (χ4n) is 4.43. The summed E-state index contributed by atoms with van der Waals surface area (Å²) in [4.78, 5) is 6.49. The van der Waals surface area contributed by atoms with E-state index in [4.69, 9.17) is 18.9 Å². The van der Waals surface area contributed by atoms with Gasteiger partial charge in [0.1, 0.15) is 29.6 Å². The summed E-state index contributed by atoms with van der Waals surface area (Å²) >= 11 is 0. The highest BCUT2D eigenvalue weighted by Crippen LogP contribution is 2.29. The predicted molar refractivity (Wildman–Crippen MR) is 138 cm³/mol. The lowest BCUT2D eigenvalue weighted by molar-refractivity contribution is -0.0646. The summed E-state index contributed by atoms with van der Waals surface area (Å²) in [6.45, 7) is 5.91. The van der Waals surface area contributed by atoms with Crippen molar-refractivity contribution in [2.45, 2.75) is 38.5 Å². The van der Waals surface area contributed by atoms with E-state index in [1.54, 1.807) is 19.2 Å². The second kappa shape index (κ2) is 12.9. The maximum absolute atomic E-state index is 13.2. The van der Waals surface area contributed by atoms with Crippen LogP contribution in [0.5, 0.6) is 17.2 Å². The van der Waals surface area contributed by atoms with Crippen molar-refractivity contribution < 1.29 is 28.4 Å². The van der Waals surface area contributed by atoms with Gasteiger partial charge in [-0.05, 0) is 48.4 Å². The van der Waals surface area contributed by atoms with Crippen molar-refractivity contribution in [1.29, 1.82) is 0 Å². The fourth-order valence-corrected chi connectivity index (χ4v) is 4.43. The number of hydrogen-bond donors (Lipinski definition) is 1. The molecular formula is C28H36FN3O5. The van der Waals surface area contributed by atoms with Crippen molar-refractivity contribution in [1.82, 2.24) is 14.5 Å². The van der Waals surface area contributed by atoms with E-state index in [1.807, 2.05) is 30.6 Å². The molecule has 1 aromatic heterocycles. The molecule has 9 heteroatoms. The number of ether oxygens (including phenoxy) is 4. The van der Waals surface area contributed by atoms with Gasteiger partial charge in [0.2, 0.25) is 0 Å². The van der Waals surface area contributed by atoms with E-state index in [-0.39, 0.29) is 19.0 Å². The topological polar surface area (TPSA) is 78.2 Å². The molecule has 1 aliphatic heterocycles. The third kappa shape index (κ3) is 7.67. The molecule has 0 saturated carbocycles. The Labute approximate surface area is 217 Å². The smallest absolute Gasteiger partial charge is 0.161 e. The Morgan fingerprint density at radius 2 is 1.97 bits per heavy atom. The van der Waals surface area contributed by atoms with Gasteiger partial charge in [0, 0.05) is 45.0 Å². The summed E-state index contributed by atoms with van der Waals surface area (Å²) in [5.41, 5.74) is -0.149. The minimum atomic E-state index is -1.19. The number of methoxy groups -OCH3 is 1. The van der Waals surface area contributed by atoms with E-state index < -0.39 is 5.60 Å². The van der Waals surface area contributed by atoms with Crippen LogP contribution in [0, 0.1) is 5.82 Å². The van der Waals surface area contributed by atoms with Crippen molar-refractivity contribution in [3.05, 3.63) is 72.1 Å². The molecule has 4 rings (SSSR count). The van der Waals surface area contributed by atoms with Crippen molar-refractivity contribution >= 4 is 0 Å². The van der Waals surface area contributed by atoms with E-state index in [9.17, 15) is 9.50 Å². The monoisotopic (exact) mass is 513 g/mol. The van der Waals surface area contributed by atoms with Crippen LogP contribution >= 0.6 is 0 Å². The number of hydrogen-bond acceptors (Lipinski definition) is 7. The number of benzene rings is 2. The quantitative estimate of drug-likeness (QED) is 0.370. The maximum Gasteiger partial charge on any atom is 0.161 e. The Morgan fingerprint density at radius 1 is 1.14 bits per heavy atom. The summed E-state index contributed by atoms with van der Waals surface area (Å²) in [5, 5.41) is 11.2. The van der Waals surface area contributed by atoms with E-state index in [0.29, 0.717) is 50.1 Å². The largest absolute Gasteiger partial charge is 0.493 e. The lowest BCUT2D eigenvalue weighted by atomic mass is 10.1. The molecule has 1 atom stereocenters. The Morgan fingerprint density at radius 3 is 2.76 bits per heavy atom. The molecule has 1 saturated heterocycles. The lowest BCUT2D eigenvalue weighted by Crippen LogP contribution is -2.48. The van der Waals surface area contributed by atoms with Crippen LogP contribution < -0.4 is 14.2 Å². The molecule has 37 heavy (non-hydrogen) atoms. The number of aromatic nitrogens is 2. The minimum absolute atomic E-state index is 0.0457. The summed E-state index contributed by atoms with van der Waals surface area (Å²) in [5.74, 6) is 2.63. The Balaban J connectivity index is 1.31. The third-order valence-corrected chi connectivity index (χ3v) is 6.31. The van der Waals surface area contributed by atoms with Gasteiger partial charge < -0.3 is 28.6 Å². The standard InChI is InChI=1S/C28H36FN3O5/c1-3-27-30-11-13-32(27)12-4-15-36-25-10-5-22(17-26(25)34-2)18-31-14-16-35-20-28(33,19-31)21-37-24-8-6-23(29)7-9-24/h5-11,13,17,33H,3-4,12,14-16,18-21H2,1-2H3/t28-/m1/s1. The molecule has 1 fully saturated rings. The number of β-amino-alcohol motifs (C(OH)–C–C–N with tert-alkyl or cyclic N) is 1. The second-order valence-corrected chi connectivity index (χ2v) is 9.31. The zero-order chi connectivity index (χ0) is 26.1. The van der Waals surface area contributed by atoms with E-state index in [0.717, 1.165) is 30.8 Å². The summed E-state index contributed by atoms with van der Waals surface area (Å²) < 4.78 is 38.3. The first-order valence-electron chi connectivity index (χ1n) is 12.7. The summed E-state index contributed by atoms with van der Waals surface area (Å²) in [6, 6.07) is 11.7. The Bertz CT molecular complexity index is 1120. The molecule has 200 valence electrons. The van der Waals surface area contributed by atoms with Gasteiger partial charge in [0.25, 0.3) is 0 Å². The van der Waals surface area contributed by atoms with Crippen LogP contribution in [0.1, 0.15) is 24.7 Å². The van der Waals surface area contributed by atoms with Crippen LogP contribution in [0.25, 0.3) is 0 Å². The van der Waals surface area contributed by atoms with Crippen LogP contribution in [-0.2, 0) is 24.2 Å². The molecule has 0 aliphatic carbocycles. The summed E-state index contributed by atoms with van der Waals surface area (Å²) in [7, 11) is 1.64. The van der Waals surface area contributed by atoms with Gasteiger partial charge in [-0.25, -0.2) is 9.37 Å². The van der Waals surface area contributed by atoms with Gasteiger partial charge >= 0.3 is 0 Å². The number of halogens is 1. The highest BCUT2D eigenvalue weighted by molar-refractivity contribution is 5.43. The average molecular weight is 514 g/mol. The first kappa shape index (κ1) is 26.9. The number of imidazole rings is 1. The second-order valence-electron chi connectivity index (χ2n) is 9.31. The molecule has 2 aromatic carbocycles. The summed E-state index contributed by atoms with van der Waals surface area (Å²) in [6.07, 6.45) is 5.60. The lowest BCUT2D eigenvalue weighted by Gasteiger charge is -2.30. The van der Waals surface area contributed by atoms with Gasteiger partial charge in [-0.3, -0.25) is 4.90 Å². The maximum atomic E-state index is 13.2.